The summed E-state index contributed by atoms with van der Waals surface area (Å²) in [5.74, 6) is -0.659. The molecule has 0 aliphatic heterocycles. The van der Waals surface area contributed by atoms with E-state index in [9.17, 15) is 27.6 Å². The summed E-state index contributed by atoms with van der Waals surface area (Å²) < 4.78 is 38.1. The Kier molecular flexibility index (Phi) is 3.91. The Hall–Kier alpha value is -3.36. The van der Waals surface area contributed by atoms with Gasteiger partial charge < -0.3 is 15.3 Å². The topological polar surface area (TPSA) is 94.8 Å². The van der Waals surface area contributed by atoms with Crippen molar-refractivity contribution in [2.24, 2.45) is 0 Å². The van der Waals surface area contributed by atoms with E-state index < -0.39 is 28.8 Å². The Morgan fingerprint density at radius 3 is 2.28 bits per heavy atom. The first-order valence-corrected chi connectivity index (χ1v) is 6.99. The lowest BCUT2D eigenvalue weighted by Gasteiger charge is -2.10. The van der Waals surface area contributed by atoms with Crippen molar-refractivity contribution < 1.29 is 18.0 Å². The number of hydrogen-bond acceptors (Lipinski definition) is 3. The minimum atomic E-state index is -4.52. The number of carbonyl (C=O) groups is 1. The van der Waals surface area contributed by atoms with E-state index in [1.807, 2.05) is 0 Å². The Morgan fingerprint density at radius 1 is 0.920 bits per heavy atom. The molecular formula is C16H10F3N3O3. The Labute approximate surface area is 137 Å². The molecule has 0 radical (unpaired) electrons. The third kappa shape index (κ3) is 3.44. The van der Waals surface area contributed by atoms with Crippen LogP contribution in [0, 0.1) is 0 Å². The van der Waals surface area contributed by atoms with Gasteiger partial charge in [0.1, 0.15) is 0 Å². The number of rotatable bonds is 2. The van der Waals surface area contributed by atoms with Crippen molar-refractivity contribution in [3.8, 4) is 0 Å². The zero-order valence-corrected chi connectivity index (χ0v) is 12.4. The van der Waals surface area contributed by atoms with Crippen LogP contribution in [0.25, 0.3) is 11.0 Å². The van der Waals surface area contributed by atoms with Crippen molar-refractivity contribution in [1.29, 1.82) is 0 Å². The first-order valence-electron chi connectivity index (χ1n) is 6.99. The molecule has 0 fully saturated rings. The van der Waals surface area contributed by atoms with E-state index in [-0.39, 0.29) is 16.8 Å². The van der Waals surface area contributed by atoms with Gasteiger partial charge in [0, 0.05) is 11.3 Å². The quantitative estimate of drug-likeness (QED) is 0.620. The standard InChI is InChI=1S/C16H10F3N3O3/c17-16(18,19)9-2-1-3-10(7-9)20-13(23)8-4-5-11-12(6-8)22-15(25)14(24)21-11/h1-7H,(H,20,23)(H,21,24)(H,22,25). The smallest absolute Gasteiger partial charge is 0.322 e. The molecule has 0 unspecified atom stereocenters. The second-order valence-electron chi connectivity index (χ2n) is 5.20. The highest BCUT2D eigenvalue weighted by Crippen LogP contribution is 2.30. The van der Waals surface area contributed by atoms with Crippen molar-refractivity contribution in [1.82, 2.24) is 9.97 Å². The van der Waals surface area contributed by atoms with Crippen LogP contribution in [0.4, 0.5) is 18.9 Å². The number of halogens is 3. The Balaban J connectivity index is 1.91. The van der Waals surface area contributed by atoms with Gasteiger partial charge in [-0.25, -0.2) is 0 Å². The van der Waals surface area contributed by atoms with E-state index in [4.69, 9.17) is 0 Å². The zero-order valence-electron chi connectivity index (χ0n) is 12.4. The van der Waals surface area contributed by atoms with Gasteiger partial charge in [-0.05, 0) is 36.4 Å². The highest BCUT2D eigenvalue weighted by atomic mass is 19.4. The fourth-order valence-corrected chi connectivity index (χ4v) is 2.23. The summed E-state index contributed by atoms with van der Waals surface area (Å²) in [7, 11) is 0. The van der Waals surface area contributed by atoms with E-state index in [2.05, 4.69) is 15.3 Å². The van der Waals surface area contributed by atoms with E-state index in [1.165, 1.54) is 30.3 Å². The van der Waals surface area contributed by atoms with E-state index >= 15 is 0 Å². The molecule has 0 spiro atoms. The maximum absolute atomic E-state index is 12.7. The SMILES string of the molecule is O=C(Nc1cccc(C(F)(F)F)c1)c1ccc2[nH]c(=O)c(=O)[nH]c2c1. The average molecular weight is 349 g/mol. The molecule has 3 rings (SSSR count). The molecule has 6 nitrogen and oxygen atoms in total. The molecule has 3 N–H and O–H groups in total. The number of anilines is 1. The van der Waals surface area contributed by atoms with Crippen LogP contribution in [-0.4, -0.2) is 15.9 Å². The average Bonchev–Trinajstić information content (AvgIpc) is 2.55. The summed E-state index contributed by atoms with van der Waals surface area (Å²) in [5.41, 5.74) is -1.95. The van der Waals surface area contributed by atoms with Crippen molar-refractivity contribution >= 4 is 22.6 Å². The predicted molar refractivity (Wildman–Crippen MR) is 84.6 cm³/mol. The molecule has 0 aliphatic carbocycles. The Bertz CT molecular complexity index is 1080. The second-order valence-corrected chi connectivity index (χ2v) is 5.20. The van der Waals surface area contributed by atoms with Gasteiger partial charge in [-0.2, -0.15) is 13.2 Å². The number of H-pyrrole nitrogens is 2. The molecule has 0 bridgehead atoms. The highest BCUT2D eigenvalue weighted by Gasteiger charge is 2.30. The number of aromatic amines is 2. The van der Waals surface area contributed by atoms with Gasteiger partial charge in [0.05, 0.1) is 16.6 Å². The van der Waals surface area contributed by atoms with Crippen LogP contribution < -0.4 is 16.4 Å². The number of aromatic nitrogens is 2. The summed E-state index contributed by atoms with van der Waals surface area (Å²) in [6.45, 7) is 0. The maximum Gasteiger partial charge on any atom is 0.416 e. The van der Waals surface area contributed by atoms with Gasteiger partial charge in [0.2, 0.25) is 0 Å². The minimum absolute atomic E-state index is 0.0186. The predicted octanol–water partition coefficient (Wildman–Crippen LogP) is 2.49. The number of hydrogen-bond donors (Lipinski definition) is 3. The lowest BCUT2D eigenvalue weighted by atomic mass is 10.1. The summed E-state index contributed by atoms with van der Waals surface area (Å²) in [6, 6.07) is 8.32. The van der Waals surface area contributed by atoms with Gasteiger partial charge in [0.15, 0.2) is 0 Å². The number of fused-ring (bicyclic) bond motifs is 1. The molecule has 0 saturated heterocycles. The van der Waals surface area contributed by atoms with Crippen LogP contribution in [0.15, 0.2) is 52.1 Å². The molecule has 0 saturated carbocycles. The number of amides is 1. The van der Waals surface area contributed by atoms with E-state index in [0.29, 0.717) is 5.52 Å². The highest BCUT2D eigenvalue weighted by molar-refractivity contribution is 6.05. The largest absolute Gasteiger partial charge is 0.416 e. The first-order chi connectivity index (χ1) is 11.7. The van der Waals surface area contributed by atoms with Crippen molar-refractivity contribution in [2.75, 3.05) is 5.32 Å². The monoisotopic (exact) mass is 349 g/mol. The van der Waals surface area contributed by atoms with Crippen LogP contribution in [0.1, 0.15) is 15.9 Å². The molecule has 1 aromatic heterocycles. The third-order valence-corrected chi connectivity index (χ3v) is 3.43. The van der Waals surface area contributed by atoms with Crippen LogP contribution >= 0.6 is 0 Å². The summed E-state index contributed by atoms with van der Waals surface area (Å²) in [6.07, 6.45) is -4.52. The molecule has 1 amide bonds. The maximum atomic E-state index is 12.7. The molecule has 3 aromatic rings. The van der Waals surface area contributed by atoms with Gasteiger partial charge >= 0.3 is 17.3 Å². The molecule has 9 heteroatoms. The van der Waals surface area contributed by atoms with Crippen LogP contribution in [0.5, 0.6) is 0 Å². The zero-order chi connectivity index (χ0) is 18.2. The normalized spacial score (nSPS) is 11.5. The van der Waals surface area contributed by atoms with Crippen molar-refractivity contribution in [3.05, 3.63) is 74.3 Å². The van der Waals surface area contributed by atoms with E-state index in [1.54, 1.807) is 0 Å². The second kappa shape index (κ2) is 5.93. The van der Waals surface area contributed by atoms with Crippen LogP contribution in [-0.2, 0) is 6.18 Å². The fraction of sp³-hybridized carbons (Fsp3) is 0.0625. The lowest BCUT2D eigenvalue weighted by Crippen LogP contribution is -2.29. The Morgan fingerprint density at radius 2 is 1.60 bits per heavy atom. The van der Waals surface area contributed by atoms with Gasteiger partial charge in [-0.3, -0.25) is 14.4 Å². The lowest BCUT2D eigenvalue weighted by molar-refractivity contribution is -0.137. The number of carbonyl (C=O) groups excluding carboxylic acids is 1. The molecule has 1 heterocycles. The summed E-state index contributed by atoms with van der Waals surface area (Å²) in [5, 5.41) is 2.36. The van der Waals surface area contributed by atoms with Crippen LogP contribution in [0.2, 0.25) is 0 Å². The summed E-state index contributed by atoms with van der Waals surface area (Å²) >= 11 is 0. The van der Waals surface area contributed by atoms with Crippen LogP contribution in [0.3, 0.4) is 0 Å². The van der Waals surface area contributed by atoms with E-state index in [0.717, 1.165) is 12.1 Å². The van der Waals surface area contributed by atoms with Gasteiger partial charge in [-0.1, -0.05) is 6.07 Å². The van der Waals surface area contributed by atoms with Crippen molar-refractivity contribution in [2.45, 2.75) is 6.18 Å². The van der Waals surface area contributed by atoms with Crippen molar-refractivity contribution in [3.63, 3.8) is 0 Å². The van der Waals surface area contributed by atoms with Gasteiger partial charge in [0.25, 0.3) is 5.91 Å². The molecule has 2 aromatic carbocycles. The fourth-order valence-electron chi connectivity index (χ4n) is 2.23. The number of nitrogens with one attached hydrogen (secondary N) is 3. The minimum Gasteiger partial charge on any atom is -0.322 e. The number of benzene rings is 2. The summed E-state index contributed by atoms with van der Waals surface area (Å²) in [4.78, 5) is 39.4. The molecule has 25 heavy (non-hydrogen) atoms. The molecule has 0 aliphatic rings. The third-order valence-electron chi connectivity index (χ3n) is 3.43. The first kappa shape index (κ1) is 16.5. The molecule has 128 valence electrons. The van der Waals surface area contributed by atoms with Gasteiger partial charge in [-0.15, -0.1) is 0 Å². The molecule has 0 atom stereocenters. The molecular weight excluding hydrogens is 339 g/mol. The number of alkyl halides is 3.